The molecule has 6 heteroatoms. The Hall–Kier alpha value is -2.53. The largest absolute Gasteiger partial charge is 0.482 e. The van der Waals surface area contributed by atoms with E-state index in [-0.39, 0.29) is 18.4 Å². The van der Waals surface area contributed by atoms with Crippen molar-refractivity contribution >= 4 is 34.8 Å². The summed E-state index contributed by atoms with van der Waals surface area (Å²) in [6, 6.07) is 12.3. The van der Waals surface area contributed by atoms with Gasteiger partial charge in [0.15, 0.2) is 6.61 Å². The van der Waals surface area contributed by atoms with E-state index in [1.807, 2.05) is 6.92 Å². The highest BCUT2D eigenvalue weighted by atomic mass is 35.5. The Labute approximate surface area is 146 Å². The molecular weight excluding hydrogens is 328 g/mol. The zero-order chi connectivity index (χ0) is 17.5. The van der Waals surface area contributed by atoms with Crippen molar-refractivity contribution in [1.29, 1.82) is 0 Å². The maximum absolute atomic E-state index is 12.1. The van der Waals surface area contributed by atoms with Gasteiger partial charge in [0.2, 0.25) is 5.91 Å². The van der Waals surface area contributed by atoms with Crippen molar-refractivity contribution in [1.82, 2.24) is 0 Å². The molecule has 0 saturated heterocycles. The Balaban J connectivity index is 2.00. The number of halogens is 1. The van der Waals surface area contributed by atoms with Gasteiger partial charge in [-0.05, 0) is 36.8 Å². The second-order valence-corrected chi connectivity index (χ2v) is 5.55. The van der Waals surface area contributed by atoms with Crippen LogP contribution in [0.1, 0.15) is 18.9 Å². The molecular formula is C18H19ClN2O3. The van der Waals surface area contributed by atoms with E-state index in [0.717, 1.165) is 5.56 Å². The second kappa shape index (κ2) is 8.36. The molecule has 0 aliphatic heterocycles. The summed E-state index contributed by atoms with van der Waals surface area (Å²) >= 11 is 5.98. The minimum atomic E-state index is -0.308. The van der Waals surface area contributed by atoms with Crippen molar-refractivity contribution in [2.24, 2.45) is 0 Å². The first-order valence-electron chi connectivity index (χ1n) is 7.58. The summed E-state index contributed by atoms with van der Waals surface area (Å²) in [6.45, 7) is 3.45. The predicted octanol–water partition coefficient (Wildman–Crippen LogP) is 4.01. The van der Waals surface area contributed by atoms with E-state index in [1.165, 1.54) is 0 Å². The van der Waals surface area contributed by atoms with Gasteiger partial charge in [-0.25, -0.2) is 0 Å². The Bertz CT molecular complexity index is 747. The van der Waals surface area contributed by atoms with Gasteiger partial charge in [0.25, 0.3) is 5.91 Å². The fourth-order valence-corrected chi connectivity index (χ4v) is 2.23. The minimum Gasteiger partial charge on any atom is -0.482 e. The molecule has 2 rings (SSSR count). The number of nitrogens with one attached hydrogen (secondary N) is 2. The van der Waals surface area contributed by atoms with Crippen molar-refractivity contribution in [3.05, 3.63) is 53.1 Å². The molecule has 24 heavy (non-hydrogen) atoms. The van der Waals surface area contributed by atoms with Gasteiger partial charge in [-0.2, -0.15) is 0 Å². The van der Waals surface area contributed by atoms with Crippen LogP contribution < -0.4 is 15.4 Å². The predicted molar refractivity (Wildman–Crippen MR) is 95.7 cm³/mol. The number of rotatable bonds is 6. The molecule has 2 aromatic carbocycles. The molecule has 0 aliphatic carbocycles. The van der Waals surface area contributed by atoms with Gasteiger partial charge in [-0.1, -0.05) is 36.7 Å². The first kappa shape index (κ1) is 17.8. The van der Waals surface area contributed by atoms with Gasteiger partial charge in [-0.3, -0.25) is 9.59 Å². The SMILES string of the molecule is CCC(=O)Nc1cccc(NC(=O)COc2ccccc2Cl)c1C. The summed E-state index contributed by atoms with van der Waals surface area (Å²) < 4.78 is 5.41. The quantitative estimate of drug-likeness (QED) is 0.830. The molecule has 2 amide bonds. The Morgan fingerprint density at radius 2 is 1.62 bits per heavy atom. The number of benzene rings is 2. The molecule has 0 radical (unpaired) electrons. The first-order chi connectivity index (χ1) is 11.5. The summed E-state index contributed by atoms with van der Waals surface area (Å²) in [6.07, 6.45) is 0.391. The van der Waals surface area contributed by atoms with Gasteiger partial charge in [0.05, 0.1) is 5.02 Å². The molecule has 0 heterocycles. The second-order valence-electron chi connectivity index (χ2n) is 5.15. The van der Waals surface area contributed by atoms with Gasteiger partial charge < -0.3 is 15.4 Å². The van der Waals surface area contributed by atoms with E-state index in [2.05, 4.69) is 10.6 Å². The minimum absolute atomic E-state index is 0.0800. The number of ether oxygens (including phenoxy) is 1. The molecule has 0 unspecified atom stereocenters. The highest BCUT2D eigenvalue weighted by Gasteiger charge is 2.10. The fraction of sp³-hybridized carbons (Fsp3) is 0.222. The van der Waals surface area contributed by atoms with Crippen molar-refractivity contribution in [3.8, 4) is 5.75 Å². The van der Waals surface area contributed by atoms with Crippen LogP contribution in [-0.4, -0.2) is 18.4 Å². The summed E-state index contributed by atoms with van der Waals surface area (Å²) in [4.78, 5) is 23.6. The lowest BCUT2D eigenvalue weighted by molar-refractivity contribution is -0.118. The lowest BCUT2D eigenvalue weighted by atomic mass is 10.1. The average molecular weight is 347 g/mol. The molecule has 0 saturated carbocycles. The third-order valence-corrected chi connectivity index (χ3v) is 3.71. The zero-order valence-electron chi connectivity index (χ0n) is 13.6. The molecule has 5 nitrogen and oxygen atoms in total. The summed E-state index contributed by atoms with van der Waals surface area (Å²) in [5.74, 6) is 0.0654. The van der Waals surface area contributed by atoms with E-state index in [0.29, 0.717) is 28.6 Å². The number of hydrogen-bond donors (Lipinski definition) is 2. The fourth-order valence-electron chi connectivity index (χ4n) is 2.04. The maximum atomic E-state index is 12.1. The highest BCUT2D eigenvalue weighted by Crippen LogP contribution is 2.25. The van der Waals surface area contributed by atoms with Gasteiger partial charge in [0, 0.05) is 17.8 Å². The number of carbonyl (C=O) groups is 2. The maximum Gasteiger partial charge on any atom is 0.262 e. The lowest BCUT2D eigenvalue weighted by Crippen LogP contribution is -2.21. The number of para-hydroxylation sites is 1. The van der Waals surface area contributed by atoms with Gasteiger partial charge in [0.1, 0.15) is 5.75 Å². The van der Waals surface area contributed by atoms with Gasteiger partial charge >= 0.3 is 0 Å². The number of amides is 2. The van der Waals surface area contributed by atoms with E-state index >= 15 is 0 Å². The molecule has 0 bridgehead atoms. The number of carbonyl (C=O) groups excluding carboxylic acids is 2. The van der Waals surface area contributed by atoms with E-state index < -0.39 is 0 Å². The normalized spacial score (nSPS) is 10.1. The highest BCUT2D eigenvalue weighted by molar-refractivity contribution is 6.32. The lowest BCUT2D eigenvalue weighted by Gasteiger charge is -2.13. The Morgan fingerprint density at radius 1 is 1.00 bits per heavy atom. The van der Waals surface area contributed by atoms with Crippen molar-refractivity contribution < 1.29 is 14.3 Å². The summed E-state index contributed by atoms with van der Waals surface area (Å²) in [5.41, 5.74) is 2.08. The van der Waals surface area contributed by atoms with Crippen molar-refractivity contribution in [2.45, 2.75) is 20.3 Å². The Morgan fingerprint density at radius 3 is 2.25 bits per heavy atom. The van der Waals surface area contributed by atoms with Crippen LogP contribution in [0.2, 0.25) is 5.02 Å². The van der Waals surface area contributed by atoms with Crippen LogP contribution in [0.5, 0.6) is 5.75 Å². The molecule has 0 fully saturated rings. The Kier molecular flexibility index (Phi) is 6.21. The molecule has 0 aromatic heterocycles. The van der Waals surface area contributed by atoms with Gasteiger partial charge in [-0.15, -0.1) is 0 Å². The monoisotopic (exact) mass is 346 g/mol. The van der Waals surface area contributed by atoms with Crippen LogP contribution in [0.25, 0.3) is 0 Å². The topological polar surface area (TPSA) is 67.4 Å². The van der Waals surface area contributed by atoms with E-state index in [1.54, 1.807) is 49.4 Å². The summed E-state index contributed by atoms with van der Waals surface area (Å²) in [7, 11) is 0. The van der Waals surface area contributed by atoms with E-state index in [4.69, 9.17) is 16.3 Å². The average Bonchev–Trinajstić information content (AvgIpc) is 2.57. The van der Waals surface area contributed by atoms with Crippen LogP contribution in [0.15, 0.2) is 42.5 Å². The van der Waals surface area contributed by atoms with Crippen LogP contribution in [0.4, 0.5) is 11.4 Å². The van der Waals surface area contributed by atoms with Crippen LogP contribution in [0.3, 0.4) is 0 Å². The standard InChI is InChI=1S/C18H19ClN2O3/c1-3-17(22)20-14-8-6-9-15(12(14)2)21-18(23)11-24-16-10-5-4-7-13(16)19/h4-10H,3,11H2,1-2H3,(H,20,22)(H,21,23). The molecule has 0 spiro atoms. The van der Waals surface area contributed by atoms with Crippen molar-refractivity contribution in [2.75, 3.05) is 17.2 Å². The smallest absolute Gasteiger partial charge is 0.262 e. The van der Waals surface area contributed by atoms with Crippen LogP contribution >= 0.6 is 11.6 Å². The molecule has 0 atom stereocenters. The molecule has 0 aliphatic rings. The number of hydrogen-bond acceptors (Lipinski definition) is 3. The third-order valence-electron chi connectivity index (χ3n) is 3.40. The number of anilines is 2. The van der Waals surface area contributed by atoms with Crippen LogP contribution in [-0.2, 0) is 9.59 Å². The first-order valence-corrected chi connectivity index (χ1v) is 7.95. The van der Waals surface area contributed by atoms with Crippen molar-refractivity contribution in [3.63, 3.8) is 0 Å². The molecule has 2 N–H and O–H groups in total. The molecule has 2 aromatic rings. The zero-order valence-corrected chi connectivity index (χ0v) is 14.3. The van der Waals surface area contributed by atoms with E-state index in [9.17, 15) is 9.59 Å². The third kappa shape index (κ3) is 4.73. The van der Waals surface area contributed by atoms with Crippen LogP contribution in [0, 0.1) is 6.92 Å². The molecule has 126 valence electrons. The summed E-state index contributed by atoms with van der Waals surface area (Å²) in [5, 5.41) is 6.02.